The molecule has 5 aromatic rings. The van der Waals surface area contributed by atoms with E-state index in [4.69, 9.17) is 28.4 Å². The summed E-state index contributed by atoms with van der Waals surface area (Å²) >= 11 is 0. The molecule has 0 radical (unpaired) electrons. The zero-order valence-electron chi connectivity index (χ0n) is 33.7. The van der Waals surface area contributed by atoms with Crippen molar-refractivity contribution in [2.24, 2.45) is 0 Å². The minimum atomic E-state index is -4.32. The van der Waals surface area contributed by atoms with E-state index in [0.29, 0.717) is 28.7 Å². The van der Waals surface area contributed by atoms with E-state index in [1.54, 1.807) is 52.3 Å². The normalized spacial score (nSPS) is 18.4. The lowest BCUT2D eigenvalue weighted by molar-refractivity contribution is 0.340. The third kappa shape index (κ3) is 5.61. The van der Waals surface area contributed by atoms with E-state index in [-0.39, 0.29) is 58.8 Å². The quantitative estimate of drug-likeness (QED) is 0.147. The molecule has 5 aromatic carbocycles. The van der Waals surface area contributed by atoms with E-state index in [2.05, 4.69) is 39.8 Å². The maximum atomic E-state index is 14.7. The molecular formula is C45H46O10S2. The molecule has 1 unspecified atom stereocenters. The van der Waals surface area contributed by atoms with Gasteiger partial charge in [0.05, 0.1) is 38.2 Å². The Bertz CT molecular complexity index is 2720. The van der Waals surface area contributed by atoms with Crippen molar-refractivity contribution in [1.82, 2.24) is 0 Å². The van der Waals surface area contributed by atoms with Gasteiger partial charge in [-0.15, -0.1) is 0 Å². The van der Waals surface area contributed by atoms with Gasteiger partial charge in [0.1, 0.15) is 21.3 Å². The van der Waals surface area contributed by atoms with Gasteiger partial charge < -0.3 is 28.4 Å². The van der Waals surface area contributed by atoms with Gasteiger partial charge in [-0.05, 0) is 144 Å². The third-order valence-corrected chi connectivity index (χ3v) is 16.0. The van der Waals surface area contributed by atoms with Crippen LogP contribution in [0.1, 0.15) is 73.9 Å². The zero-order chi connectivity index (χ0) is 41.0. The van der Waals surface area contributed by atoms with Gasteiger partial charge in [-0.1, -0.05) is 27.7 Å². The average molecular weight is 811 g/mol. The number of fused-ring (bicyclic) bond motifs is 6. The van der Waals surface area contributed by atoms with E-state index in [0.717, 1.165) is 35.1 Å². The summed E-state index contributed by atoms with van der Waals surface area (Å²) in [4.78, 5) is -0.390. The van der Waals surface area contributed by atoms with Gasteiger partial charge in [0.25, 0.3) is 0 Å². The van der Waals surface area contributed by atoms with Crippen LogP contribution in [0.4, 0.5) is 0 Å². The van der Waals surface area contributed by atoms with E-state index in [1.807, 2.05) is 12.1 Å². The van der Waals surface area contributed by atoms with Crippen molar-refractivity contribution in [2.45, 2.75) is 90.2 Å². The van der Waals surface area contributed by atoms with Crippen molar-refractivity contribution >= 4 is 19.7 Å². The molecule has 1 aliphatic heterocycles. The molecule has 1 atom stereocenters. The standard InChI is InChI=1S/C45H46O10S2/c1-25-26(2)42(57(48,49)30-17-13-28(51-8)14-18-30)40-39(41(25)56(46,47)29-15-11-27(50-7)12-16-29)54-37-20-32-34(22-38(37)55-40)45(24-44(32,5)6)23-43(3,4)31-19-35(52-9)36(53-10)21-33(31)45/h11-22H,23-24H2,1-10H3. The molecule has 0 bridgehead atoms. The molecule has 2 aliphatic carbocycles. The minimum Gasteiger partial charge on any atom is -0.497 e. The summed E-state index contributed by atoms with van der Waals surface area (Å²) in [6.07, 6.45) is 1.56. The van der Waals surface area contributed by atoms with Crippen LogP contribution in [0.15, 0.2) is 92.4 Å². The summed E-state index contributed by atoms with van der Waals surface area (Å²) in [6.45, 7) is 12.1. The molecule has 8 rings (SSSR count). The first kappa shape index (κ1) is 38.7. The Balaban J connectivity index is 1.38. The predicted molar refractivity (Wildman–Crippen MR) is 215 cm³/mol. The Morgan fingerprint density at radius 3 is 1.25 bits per heavy atom. The smallest absolute Gasteiger partial charge is 0.210 e. The van der Waals surface area contributed by atoms with Crippen molar-refractivity contribution < 1.29 is 45.3 Å². The van der Waals surface area contributed by atoms with E-state index < -0.39 is 25.1 Å². The molecule has 12 heteroatoms. The molecule has 3 aliphatic rings. The summed E-state index contributed by atoms with van der Waals surface area (Å²) in [5, 5.41) is 0. The van der Waals surface area contributed by atoms with Crippen LogP contribution in [0.3, 0.4) is 0 Å². The Morgan fingerprint density at radius 1 is 0.509 bits per heavy atom. The third-order valence-electron chi connectivity index (χ3n) is 12.1. The van der Waals surface area contributed by atoms with Crippen LogP contribution in [-0.4, -0.2) is 45.3 Å². The molecule has 57 heavy (non-hydrogen) atoms. The van der Waals surface area contributed by atoms with E-state index in [1.165, 1.54) is 38.5 Å². The Kier molecular flexibility index (Phi) is 8.75. The SMILES string of the molecule is COc1ccc(S(=O)(=O)c2c(C)c(C)c(S(=O)(=O)c3ccc(OC)cc3)c3c2Oc2cc4c(cc2O3)C2(CC(C)(C)c3cc(OC)c(OC)cc32)CC4(C)C)cc1. The number of hydrogen-bond acceptors (Lipinski definition) is 10. The van der Waals surface area contributed by atoms with Crippen LogP contribution in [-0.2, 0) is 35.9 Å². The van der Waals surface area contributed by atoms with Gasteiger partial charge in [0, 0.05) is 5.41 Å². The summed E-state index contributed by atoms with van der Waals surface area (Å²) < 4.78 is 94.4. The van der Waals surface area contributed by atoms with Crippen LogP contribution in [0.5, 0.6) is 46.0 Å². The topological polar surface area (TPSA) is 124 Å². The summed E-state index contributed by atoms with van der Waals surface area (Å²) in [7, 11) is -2.35. The maximum Gasteiger partial charge on any atom is 0.210 e. The van der Waals surface area contributed by atoms with E-state index in [9.17, 15) is 16.8 Å². The van der Waals surface area contributed by atoms with Crippen LogP contribution < -0.4 is 28.4 Å². The highest BCUT2D eigenvalue weighted by Gasteiger charge is 2.57. The van der Waals surface area contributed by atoms with Crippen LogP contribution in [0.2, 0.25) is 0 Å². The second-order valence-corrected chi connectivity index (χ2v) is 20.2. The molecular weight excluding hydrogens is 765 g/mol. The van der Waals surface area contributed by atoms with E-state index >= 15 is 0 Å². The van der Waals surface area contributed by atoms with Gasteiger partial charge >= 0.3 is 0 Å². The highest BCUT2D eigenvalue weighted by atomic mass is 32.2. The molecule has 10 nitrogen and oxygen atoms in total. The van der Waals surface area contributed by atoms with Crippen LogP contribution >= 0.6 is 0 Å². The first-order chi connectivity index (χ1) is 26.8. The zero-order valence-corrected chi connectivity index (χ0v) is 35.4. The van der Waals surface area contributed by atoms with Crippen LogP contribution in [0, 0.1) is 13.8 Å². The predicted octanol–water partition coefficient (Wildman–Crippen LogP) is 9.55. The lowest BCUT2D eigenvalue weighted by Crippen LogP contribution is -2.27. The van der Waals surface area contributed by atoms with Gasteiger partial charge in [-0.2, -0.15) is 0 Å². The monoisotopic (exact) mass is 810 g/mol. The highest BCUT2D eigenvalue weighted by molar-refractivity contribution is 7.92. The lowest BCUT2D eigenvalue weighted by atomic mass is 9.72. The number of methoxy groups -OCH3 is 4. The Hall–Kier alpha value is -5.20. The fraction of sp³-hybridized carbons (Fsp3) is 0.333. The van der Waals surface area contributed by atoms with Crippen molar-refractivity contribution in [3.63, 3.8) is 0 Å². The number of ether oxygens (including phenoxy) is 6. The molecule has 0 saturated carbocycles. The summed E-state index contributed by atoms with van der Waals surface area (Å²) in [5.41, 5.74) is 3.77. The lowest BCUT2D eigenvalue weighted by Gasteiger charge is -2.31. The van der Waals surface area contributed by atoms with Gasteiger partial charge in [-0.25, -0.2) is 16.8 Å². The Labute approximate surface area is 334 Å². The van der Waals surface area contributed by atoms with Crippen molar-refractivity contribution in [3.8, 4) is 46.0 Å². The number of hydrogen-bond donors (Lipinski definition) is 0. The second kappa shape index (κ2) is 12.9. The first-order valence-corrected chi connectivity index (χ1v) is 21.6. The Morgan fingerprint density at radius 2 is 0.860 bits per heavy atom. The fourth-order valence-corrected chi connectivity index (χ4v) is 12.8. The minimum absolute atomic E-state index is 0.0141. The van der Waals surface area contributed by atoms with Crippen LogP contribution in [0.25, 0.3) is 0 Å². The van der Waals surface area contributed by atoms with Crippen molar-refractivity contribution in [3.05, 3.63) is 106 Å². The molecule has 1 heterocycles. The highest BCUT2D eigenvalue weighted by Crippen LogP contribution is 2.66. The molecule has 298 valence electrons. The van der Waals surface area contributed by atoms with Crippen molar-refractivity contribution in [1.29, 1.82) is 0 Å². The molecule has 1 spiro atoms. The molecule has 0 fully saturated rings. The van der Waals surface area contributed by atoms with Crippen molar-refractivity contribution in [2.75, 3.05) is 28.4 Å². The van der Waals surface area contributed by atoms with Gasteiger partial charge in [0.2, 0.25) is 19.7 Å². The maximum absolute atomic E-state index is 14.7. The molecule has 0 aromatic heterocycles. The largest absolute Gasteiger partial charge is 0.497 e. The summed E-state index contributed by atoms with van der Waals surface area (Å²) in [6, 6.07) is 20.1. The first-order valence-electron chi connectivity index (χ1n) is 18.6. The number of benzene rings is 5. The van der Waals surface area contributed by atoms with Gasteiger partial charge in [0.15, 0.2) is 34.5 Å². The molecule has 0 amide bonds. The summed E-state index contributed by atoms with van der Waals surface area (Å²) in [5.74, 6) is 2.45. The fourth-order valence-electron chi connectivity index (χ4n) is 9.48. The molecule has 0 N–H and O–H groups in total. The van der Waals surface area contributed by atoms with Gasteiger partial charge in [-0.3, -0.25) is 0 Å². The second-order valence-electron chi connectivity index (χ2n) is 16.4. The number of sulfone groups is 2. The number of rotatable bonds is 8. The molecule has 0 saturated heterocycles. The average Bonchev–Trinajstić information content (AvgIpc) is 3.54.